The Morgan fingerprint density at radius 3 is 1.58 bits per heavy atom. The fourth-order valence-electron chi connectivity index (χ4n) is 10.1. The fourth-order valence-corrected chi connectivity index (χ4v) is 10.4. The maximum Gasteiger partial charge on any atom is 0.321 e. The summed E-state index contributed by atoms with van der Waals surface area (Å²) in [6, 6.07) is 28.6. The van der Waals surface area contributed by atoms with Gasteiger partial charge in [-0.3, -0.25) is 28.8 Å². The number of likely N-dealkylation sites (tertiary alicyclic amines) is 2. The number of benzene rings is 4. The van der Waals surface area contributed by atoms with Crippen molar-refractivity contribution in [1.82, 2.24) is 43.9 Å². The molecule has 2 saturated heterocycles. The predicted molar refractivity (Wildman–Crippen MR) is 304 cm³/mol. The number of alkyl halides is 2. The van der Waals surface area contributed by atoms with Gasteiger partial charge in [0.2, 0.25) is 23.6 Å². The highest BCUT2D eigenvalue weighted by Crippen LogP contribution is 2.34. The van der Waals surface area contributed by atoms with Crippen molar-refractivity contribution in [3.8, 4) is 34.6 Å². The largest absolute Gasteiger partial charge is 0.424 e. The number of halogens is 4. The number of nitrogens with zero attached hydrogens (tertiary/aromatic N) is 9. The Bertz CT molecular complexity index is 3960. The molecule has 4 atom stereocenters. The van der Waals surface area contributed by atoms with Crippen LogP contribution in [0.5, 0.6) is 23.5 Å². The van der Waals surface area contributed by atoms with E-state index >= 15 is 4.39 Å². The molecule has 2 fully saturated rings. The summed E-state index contributed by atoms with van der Waals surface area (Å²) in [4.78, 5) is 101. The number of anilines is 2. The summed E-state index contributed by atoms with van der Waals surface area (Å²) in [6.45, 7) is 3.79. The summed E-state index contributed by atoms with van der Waals surface area (Å²) in [7, 11) is 0. The smallest absolute Gasteiger partial charge is 0.321 e. The average Bonchev–Trinajstić information content (AvgIpc) is 4.34. The standard InChI is InChI=1S/C34H29F2N5O4.C26H22BrFN6O4/c1-20-7-3-4-8-24(20)25-9-5-10-28(32(25)36)39-33(44)30-15-22(35)17-41(30)31(43)19-40-18-27(21(2)42)26-16-23(11-12-29(26)40)45-34-37-13-6-14-38-34;1-15(35)19-13-33(20-7-6-17(11-18(19)20)38-26-29-8-3-9-30-26)14-24(36)34-12-16(28)10-21(34)25(37)32-23-5-2-4-22(27)31-23/h3-14,16,18,22,30H,15,17,19H2,1-2H3,(H,39,44);2-9,11,13,16,21H,10,12,14H2,1H3,(H,31,32,37)/t22-,30+;16-,21+/m11/s1. The number of carbonyl (C=O) groups excluding carboxylic acids is 6. The van der Waals surface area contributed by atoms with E-state index in [9.17, 15) is 37.5 Å². The second-order valence-electron chi connectivity index (χ2n) is 19.7. The molecule has 0 radical (unpaired) electrons. The molecular weight excluding hydrogens is 1140 g/mol. The molecular formula is C60H51BrF3N11O8. The van der Waals surface area contributed by atoms with Gasteiger partial charge in [-0.1, -0.05) is 42.5 Å². The van der Waals surface area contributed by atoms with Gasteiger partial charge in [-0.2, -0.15) is 0 Å². The predicted octanol–water partition coefficient (Wildman–Crippen LogP) is 10.3. The lowest BCUT2D eigenvalue weighted by atomic mass is 9.99. The Morgan fingerprint density at radius 1 is 0.602 bits per heavy atom. The van der Waals surface area contributed by atoms with Gasteiger partial charge < -0.3 is 39.0 Å². The maximum absolute atomic E-state index is 15.6. The van der Waals surface area contributed by atoms with Gasteiger partial charge in [-0.25, -0.2) is 38.1 Å². The molecule has 23 heteroatoms. The fraction of sp³-hybridized carbons (Fsp3) is 0.217. The number of fused-ring (bicyclic) bond motifs is 2. The van der Waals surface area contributed by atoms with E-state index < -0.39 is 53.9 Å². The van der Waals surface area contributed by atoms with Crippen molar-refractivity contribution in [3.63, 3.8) is 0 Å². The Balaban J connectivity index is 0.000000188. The third kappa shape index (κ3) is 12.8. The highest BCUT2D eigenvalue weighted by Gasteiger charge is 2.41. The molecule has 0 spiro atoms. The number of hydrogen-bond acceptors (Lipinski definition) is 13. The zero-order chi connectivity index (χ0) is 58.5. The lowest BCUT2D eigenvalue weighted by Crippen LogP contribution is -2.44. The summed E-state index contributed by atoms with van der Waals surface area (Å²) < 4.78 is 59.8. The van der Waals surface area contributed by atoms with Crippen LogP contribution in [0.15, 0.2) is 151 Å². The maximum atomic E-state index is 15.6. The number of nitrogens with one attached hydrogen (secondary N) is 2. The number of ketones is 2. The first-order valence-electron chi connectivity index (χ1n) is 26.1. The molecule has 5 aromatic heterocycles. The van der Waals surface area contributed by atoms with Crippen molar-refractivity contribution >= 4 is 84.4 Å². The Labute approximate surface area is 480 Å². The van der Waals surface area contributed by atoms with Gasteiger partial charge in [0.05, 0.1) is 18.8 Å². The van der Waals surface area contributed by atoms with Crippen molar-refractivity contribution in [2.75, 3.05) is 23.7 Å². The number of ether oxygens (including phenoxy) is 2. The summed E-state index contributed by atoms with van der Waals surface area (Å²) in [5, 5.41) is 6.36. The molecule has 4 aromatic carbocycles. The van der Waals surface area contributed by atoms with Gasteiger partial charge in [0, 0.05) is 88.5 Å². The second kappa shape index (κ2) is 24.6. The molecule has 2 N–H and O–H groups in total. The van der Waals surface area contributed by atoms with Crippen molar-refractivity contribution in [2.24, 2.45) is 0 Å². The van der Waals surface area contributed by atoms with Crippen LogP contribution in [0.1, 0.15) is 53.0 Å². The third-order valence-electron chi connectivity index (χ3n) is 14.0. The normalized spacial score (nSPS) is 16.5. The number of rotatable bonds is 15. The first-order chi connectivity index (χ1) is 40.0. The van der Waals surface area contributed by atoms with Gasteiger partial charge in [0.25, 0.3) is 0 Å². The van der Waals surface area contributed by atoms with Crippen LogP contribution in [0.25, 0.3) is 32.9 Å². The van der Waals surface area contributed by atoms with Gasteiger partial charge in [-0.15, -0.1) is 0 Å². The molecule has 19 nitrogen and oxygen atoms in total. The number of pyridine rings is 1. The second-order valence-corrected chi connectivity index (χ2v) is 20.5. The van der Waals surface area contributed by atoms with E-state index in [0.29, 0.717) is 66.0 Å². The van der Waals surface area contributed by atoms with Crippen LogP contribution in [0.2, 0.25) is 0 Å². The Kier molecular flexibility index (Phi) is 16.8. The Morgan fingerprint density at radius 2 is 1.08 bits per heavy atom. The molecule has 422 valence electrons. The summed E-state index contributed by atoms with van der Waals surface area (Å²) >= 11 is 3.24. The number of aryl methyl sites for hydroxylation is 1. The van der Waals surface area contributed by atoms with Crippen LogP contribution in [-0.4, -0.2) is 117 Å². The molecule has 7 heterocycles. The monoisotopic (exact) mass is 1190 g/mol. The molecule has 11 rings (SSSR count). The molecule has 2 aliphatic rings. The molecule has 4 amide bonds. The lowest BCUT2D eigenvalue weighted by molar-refractivity contribution is -0.137. The number of hydrogen-bond donors (Lipinski definition) is 2. The van der Waals surface area contributed by atoms with Crippen LogP contribution in [0, 0.1) is 12.7 Å². The molecule has 0 bridgehead atoms. The van der Waals surface area contributed by atoms with Gasteiger partial charge >= 0.3 is 12.0 Å². The Hall–Kier alpha value is -9.64. The van der Waals surface area contributed by atoms with Crippen molar-refractivity contribution in [2.45, 2.75) is 71.1 Å². The number of Topliss-reactive ketones (excluding diaryl/α,β-unsaturated/α-hetero) is 2. The minimum atomic E-state index is -1.43. The quantitative estimate of drug-likeness (QED) is 0.0720. The van der Waals surface area contributed by atoms with E-state index in [4.69, 9.17) is 9.47 Å². The van der Waals surface area contributed by atoms with Crippen LogP contribution >= 0.6 is 15.9 Å². The van der Waals surface area contributed by atoms with E-state index in [2.05, 4.69) is 51.5 Å². The first-order valence-corrected chi connectivity index (χ1v) is 26.9. The van der Waals surface area contributed by atoms with Crippen LogP contribution < -0.4 is 20.1 Å². The van der Waals surface area contributed by atoms with Crippen molar-refractivity contribution < 1.29 is 51.4 Å². The summed E-state index contributed by atoms with van der Waals surface area (Å²) in [6.07, 6.45) is 6.22. The molecule has 0 unspecified atom stereocenters. The molecule has 0 aliphatic carbocycles. The molecule has 9 aromatic rings. The highest BCUT2D eigenvalue weighted by molar-refractivity contribution is 9.10. The van der Waals surface area contributed by atoms with Crippen LogP contribution in [0.3, 0.4) is 0 Å². The van der Waals surface area contributed by atoms with E-state index in [1.807, 2.05) is 19.1 Å². The van der Waals surface area contributed by atoms with Gasteiger partial charge in [-0.05, 0) is 115 Å². The number of amides is 4. The minimum Gasteiger partial charge on any atom is -0.424 e. The first kappa shape index (κ1) is 56.6. The average molecular weight is 1190 g/mol. The number of carbonyl (C=O) groups is 6. The minimum absolute atomic E-state index is 0.0584. The topological polar surface area (TPSA) is 226 Å². The van der Waals surface area contributed by atoms with Gasteiger partial charge in [0.15, 0.2) is 17.4 Å². The van der Waals surface area contributed by atoms with E-state index in [1.54, 1.807) is 125 Å². The van der Waals surface area contributed by atoms with E-state index in [-0.39, 0.29) is 68.3 Å². The van der Waals surface area contributed by atoms with Crippen LogP contribution in [0.4, 0.5) is 24.7 Å². The molecule has 0 saturated carbocycles. The van der Waals surface area contributed by atoms with Gasteiger partial charge in [0.1, 0.15) is 59.4 Å². The van der Waals surface area contributed by atoms with E-state index in [0.717, 1.165) is 5.56 Å². The van der Waals surface area contributed by atoms with Crippen LogP contribution in [-0.2, 0) is 32.3 Å². The lowest BCUT2D eigenvalue weighted by Gasteiger charge is -2.24. The SMILES string of the molecule is CC(=O)c1cn(CC(=O)N2C[C@H](F)C[C@H]2C(=O)Nc2cccc(-c3ccccc3C)c2F)c2ccc(Oc3ncccn3)cc12.CC(=O)c1cn(CC(=O)N2C[C@H](F)C[C@H]2C(=O)Nc2cccc(Br)n2)c2ccc(Oc3ncccn3)cc12. The summed E-state index contributed by atoms with van der Waals surface area (Å²) in [5.41, 5.74) is 3.75. The zero-order valence-corrected chi connectivity index (χ0v) is 46.3. The van der Waals surface area contributed by atoms with Crippen molar-refractivity contribution in [1.29, 1.82) is 0 Å². The highest BCUT2D eigenvalue weighted by atomic mass is 79.9. The summed E-state index contributed by atoms with van der Waals surface area (Å²) in [5.74, 6) is -2.09. The molecule has 2 aliphatic heterocycles. The molecule has 83 heavy (non-hydrogen) atoms. The zero-order valence-electron chi connectivity index (χ0n) is 44.7. The van der Waals surface area contributed by atoms with Crippen molar-refractivity contribution in [3.05, 3.63) is 173 Å². The van der Waals surface area contributed by atoms with E-state index in [1.165, 1.54) is 42.1 Å². The number of aromatic nitrogens is 7. The third-order valence-corrected chi connectivity index (χ3v) is 14.4.